The summed E-state index contributed by atoms with van der Waals surface area (Å²) in [6.45, 7) is 2.56. The lowest BCUT2D eigenvalue weighted by Gasteiger charge is -2.34. The van der Waals surface area contributed by atoms with Gasteiger partial charge in [-0.1, -0.05) is 41.4 Å². The lowest BCUT2D eigenvalue weighted by Crippen LogP contribution is -2.46. The number of hydrogen-bond acceptors (Lipinski definition) is 8. The van der Waals surface area contributed by atoms with E-state index in [-0.39, 0.29) is 24.5 Å². The Morgan fingerprint density at radius 1 is 0.977 bits per heavy atom. The molecule has 8 nitrogen and oxygen atoms in total. The van der Waals surface area contributed by atoms with Gasteiger partial charge in [0.1, 0.15) is 6.10 Å². The molecule has 1 atom stereocenters. The van der Waals surface area contributed by atoms with E-state index in [0.29, 0.717) is 45.8 Å². The highest BCUT2D eigenvalue weighted by molar-refractivity contribution is 6.35. The molecule has 1 aliphatic heterocycles. The van der Waals surface area contributed by atoms with E-state index in [4.69, 9.17) is 37.8 Å². The van der Waals surface area contributed by atoms with Crippen LogP contribution in [0.5, 0.6) is 11.5 Å². The molecule has 0 radical (unpaired) electrons. The van der Waals surface area contributed by atoms with Gasteiger partial charge in [-0.15, -0.1) is 0 Å². The molecule has 12 heteroatoms. The van der Waals surface area contributed by atoms with Gasteiger partial charge in [0, 0.05) is 58.1 Å². The van der Waals surface area contributed by atoms with Crippen LogP contribution < -0.4 is 9.47 Å². The van der Waals surface area contributed by atoms with Crippen LogP contribution in [0, 0.1) is 5.92 Å². The number of aliphatic hydroxyl groups excluding tert-OH is 1. The smallest absolute Gasteiger partial charge is 0.387 e. The number of benzene rings is 2. The fourth-order valence-corrected chi connectivity index (χ4v) is 5.60. The first-order valence-electron chi connectivity index (χ1n) is 14.6. The molecule has 1 aromatic heterocycles. The lowest BCUT2D eigenvalue weighted by molar-refractivity contribution is -0.0515. The third-order valence-corrected chi connectivity index (χ3v) is 8.45. The first-order valence-corrected chi connectivity index (χ1v) is 15.4. The molecule has 2 aromatic carbocycles. The summed E-state index contributed by atoms with van der Waals surface area (Å²) in [6, 6.07) is 11.8. The average Bonchev–Trinajstić information content (AvgIpc) is 3.84. The summed E-state index contributed by atoms with van der Waals surface area (Å²) in [5, 5.41) is 9.77. The van der Waals surface area contributed by atoms with Gasteiger partial charge in [0.15, 0.2) is 11.5 Å². The van der Waals surface area contributed by atoms with E-state index >= 15 is 0 Å². The van der Waals surface area contributed by atoms with Gasteiger partial charge in [-0.05, 0) is 59.7 Å². The van der Waals surface area contributed by atoms with E-state index in [1.165, 1.54) is 18.5 Å². The van der Waals surface area contributed by atoms with Gasteiger partial charge in [-0.2, -0.15) is 8.78 Å². The van der Waals surface area contributed by atoms with Crippen LogP contribution in [-0.4, -0.2) is 78.4 Å². The van der Waals surface area contributed by atoms with Gasteiger partial charge in [0.25, 0.3) is 0 Å². The summed E-state index contributed by atoms with van der Waals surface area (Å²) >= 11 is 12.8. The molecular formula is C32H35Cl2F2N3O5. The number of carbonyl (C=O) groups excluding carboxylic acids is 1. The number of ether oxygens (including phenoxy) is 3. The molecule has 2 fully saturated rings. The maximum Gasteiger partial charge on any atom is 0.387 e. The number of aliphatic hydroxyl groups is 1. The van der Waals surface area contributed by atoms with Crippen molar-refractivity contribution in [1.82, 2.24) is 14.8 Å². The number of nitrogens with zero attached hydrogens (tertiary/aromatic N) is 3. The van der Waals surface area contributed by atoms with Gasteiger partial charge < -0.3 is 19.3 Å². The molecule has 0 amide bonds. The van der Waals surface area contributed by atoms with Crippen molar-refractivity contribution in [2.75, 3.05) is 45.9 Å². The number of alkyl halides is 2. The normalized spacial score (nSPS) is 16.6. The summed E-state index contributed by atoms with van der Waals surface area (Å²) in [7, 11) is 0. The summed E-state index contributed by atoms with van der Waals surface area (Å²) in [5.41, 5.74) is 2.47. The van der Waals surface area contributed by atoms with Crippen LogP contribution in [-0.2, 0) is 17.7 Å². The van der Waals surface area contributed by atoms with Crippen LogP contribution in [0.1, 0.15) is 46.0 Å². The number of piperazine rings is 1. The van der Waals surface area contributed by atoms with Gasteiger partial charge in [-0.3, -0.25) is 14.8 Å². The molecule has 5 rings (SSSR count). The van der Waals surface area contributed by atoms with Crippen LogP contribution in [0.3, 0.4) is 0 Å². The maximum absolute atomic E-state index is 13.4. The van der Waals surface area contributed by atoms with Crippen molar-refractivity contribution in [3.8, 4) is 11.5 Å². The SMILES string of the molecule is O=C(O[C@@H](Cc1c(Cl)cncc1Cl)c1ccc(OC(F)F)c(OCC2CC2)c1)c1ccc(CN2CCN(CCO)CC2)cc1. The predicted molar refractivity (Wildman–Crippen MR) is 163 cm³/mol. The van der Waals surface area contributed by atoms with Crippen LogP contribution >= 0.6 is 23.2 Å². The molecule has 0 bridgehead atoms. The molecule has 0 unspecified atom stereocenters. The van der Waals surface area contributed by atoms with Gasteiger partial charge >= 0.3 is 12.6 Å². The molecule has 2 aliphatic rings. The van der Waals surface area contributed by atoms with Crippen LogP contribution in [0.4, 0.5) is 8.78 Å². The minimum atomic E-state index is -3.02. The van der Waals surface area contributed by atoms with Crippen molar-refractivity contribution in [3.05, 3.63) is 87.2 Å². The van der Waals surface area contributed by atoms with Crippen molar-refractivity contribution < 1.29 is 32.9 Å². The monoisotopic (exact) mass is 649 g/mol. The van der Waals surface area contributed by atoms with Crippen molar-refractivity contribution in [3.63, 3.8) is 0 Å². The zero-order chi connectivity index (χ0) is 31.1. The van der Waals surface area contributed by atoms with E-state index in [1.54, 1.807) is 24.3 Å². The van der Waals surface area contributed by atoms with Gasteiger partial charge in [-0.25, -0.2) is 4.79 Å². The Morgan fingerprint density at radius 3 is 2.30 bits per heavy atom. The molecule has 1 aliphatic carbocycles. The molecular weight excluding hydrogens is 615 g/mol. The molecule has 236 valence electrons. The third-order valence-electron chi connectivity index (χ3n) is 7.80. The van der Waals surface area contributed by atoms with E-state index in [0.717, 1.165) is 51.1 Å². The molecule has 2 heterocycles. The molecule has 1 saturated heterocycles. The highest BCUT2D eigenvalue weighted by Crippen LogP contribution is 2.38. The second-order valence-corrected chi connectivity index (χ2v) is 11.9. The highest BCUT2D eigenvalue weighted by atomic mass is 35.5. The number of rotatable bonds is 14. The zero-order valence-electron chi connectivity index (χ0n) is 24.1. The van der Waals surface area contributed by atoms with Crippen LogP contribution in [0.15, 0.2) is 54.9 Å². The summed E-state index contributed by atoms with van der Waals surface area (Å²) in [5.74, 6) is -0.141. The Labute approximate surface area is 265 Å². The maximum atomic E-state index is 13.4. The van der Waals surface area contributed by atoms with Crippen molar-refractivity contribution in [2.24, 2.45) is 5.92 Å². The van der Waals surface area contributed by atoms with E-state index in [9.17, 15) is 13.6 Å². The topological polar surface area (TPSA) is 84.4 Å². The minimum Gasteiger partial charge on any atom is -0.489 e. The Morgan fingerprint density at radius 2 is 1.66 bits per heavy atom. The zero-order valence-corrected chi connectivity index (χ0v) is 25.7. The molecule has 0 spiro atoms. The second kappa shape index (κ2) is 15.3. The van der Waals surface area contributed by atoms with E-state index in [1.807, 2.05) is 12.1 Å². The fraction of sp³-hybridized carbons (Fsp3) is 0.438. The number of pyridine rings is 1. The van der Waals surface area contributed by atoms with Crippen LogP contribution in [0.25, 0.3) is 0 Å². The number of β-amino-alcohol motifs (C(OH)–C–C–N with tert-alkyl or cyclic N) is 1. The van der Waals surface area contributed by atoms with E-state index in [2.05, 4.69) is 19.5 Å². The molecule has 3 aromatic rings. The minimum absolute atomic E-state index is 0.0974. The summed E-state index contributed by atoms with van der Waals surface area (Å²) in [4.78, 5) is 22.0. The lowest BCUT2D eigenvalue weighted by atomic mass is 10.0. The fourth-order valence-electron chi connectivity index (χ4n) is 5.08. The Bertz CT molecular complexity index is 1380. The Kier molecular flexibility index (Phi) is 11.3. The van der Waals surface area contributed by atoms with Crippen molar-refractivity contribution in [1.29, 1.82) is 0 Å². The standard InChI is InChI=1S/C32H35Cl2F2N3O5/c33-26-17-37-18-27(34)25(26)16-29(24-7-8-28(44-32(35)36)30(15-24)42-20-22-1-2-22)43-31(41)23-5-3-21(4-6-23)19-39-11-9-38(10-12-39)13-14-40/h3-8,15,17-18,22,29,32,40H,1-2,9-14,16,19-20H2/t29-/m0/s1. The summed E-state index contributed by atoms with van der Waals surface area (Å²) in [6.07, 6.45) is 4.18. The van der Waals surface area contributed by atoms with Crippen molar-refractivity contribution in [2.45, 2.75) is 38.5 Å². The summed E-state index contributed by atoms with van der Waals surface area (Å²) < 4.78 is 42.8. The molecule has 1 N–H and O–H groups in total. The second-order valence-electron chi connectivity index (χ2n) is 11.1. The number of esters is 1. The Hall–Kier alpha value is -3.02. The quantitative estimate of drug-likeness (QED) is 0.212. The molecule has 1 saturated carbocycles. The first kappa shape index (κ1) is 32.4. The van der Waals surface area contributed by atoms with Gasteiger partial charge in [0.05, 0.1) is 28.8 Å². The largest absolute Gasteiger partial charge is 0.489 e. The Balaban J connectivity index is 1.33. The number of halogens is 4. The van der Waals surface area contributed by atoms with Gasteiger partial charge in [0.2, 0.25) is 0 Å². The highest BCUT2D eigenvalue weighted by Gasteiger charge is 2.26. The van der Waals surface area contributed by atoms with Crippen LogP contribution in [0.2, 0.25) is 10.0 Å². The number of carbonyl (C=O) groups is 1. The first-order chi connectivity index (χ1) is 21.3. The predicted octanol–water partition coefficient (Wildman–Crippen LogP) is 6.03. The number of aromatic nitrogens is 1. The number of hydrogen-bond donors (Lipinski definition) is 1. The molecule has 44 heavy (non-hydrogen) atoms. The average molecular weight is 651 g/mol. The van der Waals surface area contributed by atoms with Crippen molar-refractivity contribution >= 4 is 29.2 Å². The van der Waals surface area contributed by atoms with E-state index < -0.39 is 18.7 Å². The third kappa shape index (κ3) is 9.01.